The molecule has 0 saturated heterocycles. The zero-order chi connectivity index (χ0) is 27.9. The molecule has 0 aliphatic heterocycles. The number of carbonyl (C=O) groups is 2. The van der Waals surface area contributed by atoms with Crippen molar-refractivity contribution >= 4 is 39.1 Å². The van der Waals surface area contributed by atoms with Crippen LogP contribution in [-0.2, 0) is 32.6 Å². The highest BCUT2D eigenvalue weighted by Crippen LogP contribution is 2.25. The zero-order valence-electron chi connectivity index (χ0n) is 20.9. The van der Waals surface area contributed by atoms with Gasteiger partial charge in [0.15, 0.2) is 0 Å². The van der Waals surface area contributed by atoms with E-state index in [1.165, 1.54) is 29.2 Å². The Morgan fingerprint density at radius 3 is 2.24 bits per heavy atom. The van der Waals surface area contributed by atoms with Crippen LogP contribution < -0.4 is 9.62 Å². The number of sulfonamides is 1. The van der Waals surface area contributed by atoms with Gasteiger partial charge in [0.2, 0.25) is 21.8 Å². The average molecular weight is 564 g/mol. The van der Waals surface area contributed by atoms with Crippen LogP contribution in [0.15, 0.2) is 72.8 Å². The van der Waals surface area contributed by atoms with Crippen LogP contribution in [0.4, 0.5) is 14.5 Å². The summed E-state index contributed by atoms with van der Waals surface area (Å²) in [7, 11) is -4.04. The highest BCUT2D eigenvalue weighted by molar-refractivity contribution is 7.92. The van der Waals surface area contributed by atoms with Crippen molar-refractivity contribution in [2.75, 3.05) is 23.7 Å². The van der Waals surface area contributed by atoms with Gasteiger partial charge in [-0.1, -0.05) is 60.1 Å². The van der Waals surface area contributed by atoms with Gasteiger partial charge < -0.3 is 10.2 Å². The summed E-state index contributed by atoms with van der Waals surface area (Å²) in [5.74, 6) is -2.57. The largest absolute Gasteiger partial charge is 0.355 e. The van der Waals surface area contributed by atoms with E-state index in [4.69, 9.17) is 11.6 Å². The minimum atomic E-state index is -4.04. The lowest BCUT2D eigenvalue weighted by Gasteiger charge is -2.33. The molecule has 0 saturated carbocycles. The maximum absolute atomic E-state index is 14.7. The smallest absolute Gasteiger partial charge is 0.244 e. The summed E-state index contributed by atoms with van der Waals surface area (Å²) in [4.78, 5) is 28.2. The second-order valence-corrected chi connectivity index (χ2v) is 10.9. The number of hydrogen-bond acceptors (Lipinski definition) is 4. The number of rotatable bonds is 11. The minimum absolute atomic E-state index is 0.0317. The standard InChI is InChI=1S/C27H28ClF2N3O4S/c1-3-31-27(35)25(15-19-9-5-4-6-10-19)32(17-20-11-7-8-12-23(20)29)26(34)18-33(38(2,36)37)21-13-14-24(30)22(28)16-21/h4-14,16,25H,3,15,17-18H2,1-2H3,(H,31,35). The molecule has 2 amide bonds. The molecule has 0 radical (unpaired) electrons. The van der Waals surface area contributed by atoms with Crippen LogP contribution in [0.3, 0.4) is 0 Å². The minimum Gasteiger partial charge on any atom is -0.355 e. The van der Waals surface area contributed by atoms with Crippen molar-refractivity contribution in [3.05, 3.63) is 101 Å². The van der Waals surface area contributed by atoms with Crippen molar-refractivity contribution < 1.29 is 26.8 Å². The molecule has 11 heteroatoms. The fourth-order valence-corrected chi connectivity index (χ4v) is 4.93. The van der Waals surface area contributed by atoms with E-state index in [0.29, 0.717) is 0 Å². The molecule has 0 heterocycles. The number of anilines is 1. The summed E-state index contributed by atoms with van der Waals surface area (Å²) in [6.07, 6.45) is 0.998. The molecule has 3 rings (SSSR count). The monoisotopic (exact) mass is 563 g/mol. The first-order valence-corrected chi connectivity index (χ1v) is 14.0. The van der Waals surface area contributed by atoms with Gasteiger partial charge in [-0.2, -0.15) is 0 Å². The highest BCUT2D eigenvalue weighted by Gasteiger charge is 2.33. The van der Waals surface area contributed by atoms with Gasteiger partial charge in [-0.15, -0.1) is 0 Å². The van der Waals surface area contributed by atoms with Crippen molar-refractivity contribution in [1.82, 2.24) is 10.2 Å². The molecular weight excluding hydrogens is 536 g/mol. The SMILES string of the molecule is CCNC(=O)C(Cc1ccccc1)N(Cc1ccccc1F)C(=O)CN(c1ccc(F)c(Cl)c1)S(C)(=O)=O. The lowest BCUT2D eigenvalue weighted by molar-refractivity contribution is -0.140. The van der Waals surface area contributed by atoms with E-state index in [1.807, 2.05) is 6.07 Å². The van der Waals surface area contributed by atoms with Gasteiger partial charge in [-0.25, -0.2) is 17.2 Å². The molecular formula is C27H28ClF2N3O4S. The van der Waals surface area contributed by atoms with E-state index < -0.39 is 46.1 Å². The second kappa shape index (κ2) is 12.8. The first-order chi connectivity index (χ1) is 18.0. The quantitative estimate of drug-likeness (QED) is 0.379. The molecule has 3 aromatic rings. The number of nitrogens with one attached hydrogen (secondary N) is 1. The Labute approximate surface area is 226 Å². The number of carbonyl (C=O) groups excluding carboxylic acids is 2. The van der Waals surface area contributed by atoms with Crippen molar-refractivity contribution in [3.8, 4) is 0 Å². The Kier molecular flexibility index (Phi) is 9.82. The highest BCUT2D eigenvalue weighted by atomic mass is 35.5. The molecule has 3 aromatic carbocycles. The van der Waals surface area contributed by atoms with E-state index in [1.54, 1.807) is 37.3 Å². The Balaban J connectivity index is 2.06. The summed E-state index contributed by atoms with van der Waals surface area (Å²) < 4.78 is 54.5. The van der Waals surface area contributed by atoms with Crippen molar-refractivity contribution in [2.45, 2.75) is 25.9 Å². The fraction of sp³-hybridized carbons (Fsp3) is 0.259. The molecule has 1 unspecified atom stereocenters. The number of benzene rings is 3. The van der Waals surface area contributed by atoms with Gasteiger partial charge in [-0.3, -0.25) is 13.9 Å². The van der Waals surface area contributed by atoms with Crippen LogP contribution in [0.5, 0.6) is 0 Å². The third-order valence-electron chi connectivity index (χ3n) is 5.79. The molecule has 7 nitrogen and oxygen atoms in total. The lowest BCUT2D eigenvalue weighted by atomic mass is 10.0. The first-order valence-electron chi connectivity index (χ1n) is 11.8. The van der Waals surface area contributed by atoms with Crippen LogP contribution in [0.1, 0.15) is 18.1 Å². The van der Waals surface area contributed by atoms with Gasteiger partial charge in [-0.05, 0) is 36.8 Å². The third kappa shape index (κ3) is 7.52. The van der Waals surface area contributed by atoms with Gasteiger partial charge in [0.05, 0.1) is 17.0 Å². The van der Waals surface area contributed by atoms with E-state index in [-0.39, 0.29) is 35.8 Å². The molecule has 1 atom stereocenters. The van der Waals surface area contributed by atoms with Crippen LogP contribution in [0.25, 0.3) is 0 Å². The van der Waals surface area contributed by atoms with Gasteiger partial charge in [0, 0.05) is 25.1 Å². The van der Waals surface area contributed by atoms with Gasteiger partial charge in [0.1, 0.15) is 24.2 Å². The number of amides is 2. The Bertz CT molecular complexity index is 1390. The number of likely N-dealkylation sites (N-methyl/N-ethyl adjacent to an activating group) is 1. The predicted molar refractivity (Wildman–Crippen MR) is 143 cm³/mol. The second-order valence-electron chi connectivity index (χ2n) is 8.58. The molecule has 0 aliphatic rings. The molecule has 1 N–H and O–H groups in total. The number of halogens is 3. The summed E-state index contributed by atoms with van der Waals surface area (Å²) in [5.41, 5.74) is 0.870. The molecule has 202 valence electrons. The third-order valence-corrected chi connectivity index (χ3v) is 7.22. The van der Waals surface area contributed by atoms with Crippen LogP contribution in [0.2, 0.25) is 5.02 Å². The Hall–Kier alpha value is -3.50. The normalized spacial score (nSPS) is 12.0. The van der Waals surface area contributed by atoms with E-state index in [0.717, 1.165) is 28.3 Å². The van der Waals surface area contributed by atoms with Crippen molar-refractivity contribution in [2.24, 2.45) is 0 Å². The van der Waals surface area contributed by atoms with E-state index in [9.17, 15) is 26.8 Å². The predicted octanol–water partition coefficient (Wildman–Crippen LogP) is 4.16. The summed E-state index contributed by atoms with van der Waals surface area (Å²) in [6.45, 7) is 1.00. The number of hydrogen-bond donors (Lipinski definition) is 1. The zero-order valence-corrected chi connectivity index (χ0v) is 22.5. The molecule has 38 heavy (non-hydrogen) atoms. The molecule has 0 aliphatic carbocycles. The average Bonchev–Trinajstić information content (AvgIpc) is 2.87. The van der Waals surface area contributed by atoms with E-state index in [2.05, 4.69) is 5.32 Å². The van der Waals surface area contributed by atoms with Crippen molar-refractivity contribution in [3.63, 3.8) is 0 Å². The maximum atomic E-state index is 14.7. The summed E-state index contributed by atoms with van der Waals surface area (Å²) in [5, 5.41) is 2.39. The summed E-state index contributed by atoms with van der Waals surface area (Å²) in [6, 6.07) is 17.0. The van der Waals surface area contributed by atoms with Gasteiger partial charge >= 0.3 is 0 Å². The van der Waals surface area contributed by atoms with Crippen LogP contribution in [0, 0.1) is 11.6 Å². The molecule has 0 aromatic heterocycles. The van der Waals surface area contributed by atoms with Crippen LogP contribution in [-0.4, -0.2) is 50.5 Å². The maximum Gasteiger partial charge on any atom is 0.244 e. The molecule has 0 spiro atoms. The Morgan fingerprint density at radius 1 is 0.974 bits per heavy atom. The summed E-state index contributed by atoms with van der Waals surface area (Å²) >= 11 is 5.86. The topological polar surface area (TPSA) is 86.8 Å². The molecule has 0 bridgehead atoms. The number of nitrogens with zero attached hydrogens (tertiary/aromatic N) is 2. The van der Waals surface area contributed by atoms with Crippen molar-refractivity contribution in [1.29, 1.82) is 0 Å². The Morgan fingerprint density at radius 2 is 1.63 bits per heavy atom. The lowest BCUT2D eigenvalue weighted by Crippen LogP contribution is -2.53. The molecule has 0 fully saturated rings. The van der Waals surface area contributed by atoms with Gasteiger partial charge in [0.25, 0.3) is 0 Å². The van der Waals surface area contributed by atoms with Crippen LogP contribution >= 0.6 is 11.6 Å². The van der Waals surface area contributed by atoms with E-state index >= 15 is 0 Å². The fourth-order valence-electron chi connectivity index (χ4n) is 3.91. The first kappa shape index (κ1) is 29.1.